The van der Waals surface area contributed by atoms with Crippen molar-refractivity contribution < 1.29 is 4.79 Å². The van der Waals surface area contributed by atoms with Crippen LogP contribution in [0.25, 0.3) is 0 Å². The highest BCUT2D eigenvalue weighted by Crippen LogP contribution is 2.09. The molecule has 0 aliphatic rings. The van der Waals surface area contributed by atoms with Crippen molar-refractivity contribution >= 4 is 17.4 Å². The van der Waals surface area contributed by atoms with Crippen molar-refractivity contribution in [1.29, 1.82) is 0 Å². The van der Waals surface area contributed by atoms with E-state index in [9.17, 15) is 4.79 Å². The van der Waals surface area contributed by atoms with Crippen LogP contribution in [0.4, 0.5) is 11.5 Å². The van der Waals surface area contributed by atoms with E-state index in [2.05, 4.69) is 30.8 Å². The average Bonchev–Trinajstić information content (AvgIpc) is 3.00. The Bertz CT molecular complexity index is 782. The van der Waals surface area contributed by atoms with Crippen LogP contribution >= 0.6 is 0 Å². The number of amides is 1. The zero-order valence-corrected chi connectivity index (χ0v) is 12.6. The van der Waals surface area contributed by atoms with Crippen LogP contribution in [0.3, 0.4) is 0 Å². The van der Waals surface area contributed by atoms with Gasteiger partial charge < -0.3 is 15.6 Å². The van der Waals surface area contributed by atoms with Gasteiger partial charge in [-0.1, -0.05) is 18.2 Å². The molecule has 0 unspecified atom stereocenters. The Morgan fingerprint density at radius 1 is 1.13 bits per heavy atom. The van der Waals surface area contributed by atoms with Gasteiger partial charge in [0.05, 0.1) is 6.54 Å². The van der Waals surface area contributed by atoms with Crippen molar-refractivity contribution in [1.82, 2.24) is 20.2 Å². The minimum Gasteiger partial charge on any atom is -0.361 e. The molecule has 0 radical (unpaired) electrons. The average molecular weight is 308 g/mol. The van der Waals surface area contributed by atoms with E-state index in [1.54, 1.807) is 18.3 Å². The van der Waals surface area contributed by atoms with Crippen LogP contribution in [0.5, 0.6) is 0 Å². The molecule has 0 aliphatic carbocycles. The molecular weight excluding hydrogens is 292 g/mol. The number of rotatable bonds is 5. The molecule has 0 spiro atoms. The highest BCUT2D eigenvalue weighted by atomic mass is 16.1. The van der Waals surface area contributed by atoms with Crippen molar-refractivity contribution in [3.05, 3.63) is 65.9 Å². The lowest BCUT2D eigenvalue weighted by Crippen LogP contribution is -2.14. The first-order valence-corrected chi connectivity index (χ1v) is 7.15. The van der Waals surface area contributed by atoms with E-state index in [1.807, 2.05) is 37.3 Å². The van der Waals surface area contributed by atoms with Crippen molar-refractivity contribution in [2.75, 3.05) is 10.6 Å². The van der Waals surface area contributed by atoms with Gasteiger partial charge in [0.2, 0.25) is 0 Å². The van der Waals surface area contributed by atoms with E-state index in [-0.39, 0.29) is 11.6 Å². The Morgan fingerprint density at radius 3 is 2.61 bits per heavy atom. The quantitative estimate of drug-likeness (QED) is 0.672. The van der Waals surface area contributed by atoms with Crippen LogP contribution in [-0.4, -0.2) is 26.1 Å². The molecule has 2 heterocycles. The molecule has 0 bridgehead atoms. The highest BCUT2D eigenvalue weighted by Gasteiger charge is 2.08. The first-order valence-electron chi connectivity index (χ1n) is 7.15. The van der Waals surface area contributed by atoms with Gasteiger partial charge in [0.15, 0.2) is 5.69 Å². The number of hydrogen-bond acceptors (Lipinski definition) is 5. The van der Waals surface area contributed by atoms with Gasteiger partial charge in [-0.3, -0.25) is 4.79 Å². The van der Waals surface area contributed by atoms with E-state index in [1.165, 1.54) is 0 Å². The molecule has 0 aliphatic heterocycles. The fraction of sp³-hybridized carbons (Fsp3) is 0.125. The van der Waals surface area contributed by atoms with Gasteiger partial charge in [0, 0.05) is 17.6 Å². The van der Waals surface area contributed by atoms with Crippen molar-refractivity contribution in [3.8, 4) is 0 Å². The summed E-state index contributed by atoms with van der Waals surface area (Å²) in [6.45, 7) is 2.45. The first-order chi connectivity index (χ1) is 11.2. The molecule has 116 valence electrons. The second-order valence-electron chi connectivity index (χ2n) is 4.99. The molecular formula is C16H16N6O. The second kappa shape index (κ2) is 6.69. The first kappa shape index (κ1) is 14.7. The van der Waals surface area contributed by atoms with Crippen molar-refractivity contribution in [2.24, 2.45) is 0 Å². The number of nitrogens with zero attached hydrogens (tertiary/aromatic N) is 3. The van der Waals surface area contributed by atoms with Gasteiger partial charge in [0.1, 0.15) is 11.6 Å². The molecule has 3 rings (SSSR count). The summed E-state index contributed by atoms with van der Waals surface area (Å²) >= 11 is 0. The third-order valence-corrected chi connectivity index (χ3v) is 3.12. The molecule has 3 aromatic rings. The number of H-pyrrole nitrogens is 1. The summed E-state index contributed by atoms with van der Waals surface area (Å²) < 4.78 is 0. The van der Waals surface area contributed by atoms with Crippen molar-refractivity contribution in [2.45, 2.75) is 13.5 Å². The van der Waals surface area contributed by atoms with E-state index in [0.29, 0.717) is 12.4 Å². The third-order valence-electron chi connectivity index (χ3n) is 3.12. The second-order valence-corrected chi connectivity index (χ2v) is 4.99. The smallest absolute Gasteiger partial charge is 0.276 e. The zero-order chi connectivity index (χ0) is 16.1. The molecule has 0 saturated carbocycles. The van der Waals surface area contributed by atoms with Gasteiger partial charge in [-0.2, -0.15) is 0 Å². The number of anilines is 2. The van der Waals surface area contributed by atoms with Gasteiger partial charge in [-0.15, -0.1) is 10.2 Å². The lowest BCUT2D eigenvalue weighted by atomic mass is 10.3. The van der Waals surface area contributed by atoms with Crippen LogP contribution in [0, 0.1) is 6.92 Å². The van der Waals surface area contributed by atoms with Gasteiger partial charge in [0.25, 0.3) is 5.91 Å². The predicted molar refractivity (Wildman–Crippen MR) is 87.1 cm³/mol. The molecule has 23 heavy (non-hydrogen) atoms. The van der Waals surface area contributed by atoms with E-state index >= 15 is 0 Å². The monoisotopic (exact) mass is 308 g/mol. The minimum absolute atomic E-state index is 0.258. The lowest BCUT2D eigenvalue weighted by Gasteiger charge is -2.05. The maximum atomic E-state index is 12.1. The lowest BCUT2D eigenvalue weighted by molar-refractivity contribution is 0.102. The minimum atomic E-state index is -0.295. The molecule has 3 N–H and O–H groups in total. The Balaban J connectivity index is 1.59. The van der Waals surface area contributed by atoms with E-state index in [0.717, 1.165) is 17.2 Å². The largest absolute Gasteiger partial charge is 0.361 e. The number of aryl methyl sites for hydroxylation is 1. The molecule has 0 atom stereocenters. The number of hydrogen-bond donors (Lipinski definition) is 3. The standard InChI is InChI=1S/C16H16N6O/c1-11-9-17-15(19-11)10-18-14-8-7-13(21-22-14)16(23)20-12-5-3-2-4-6-12/h2-9H,10H2,1H3,(H,17,19)(H,18,22)(H,20,23). The molecule has 7 nitrogen and oxygen atoms in total. The summed E-state index contributed by atoms with van der Waals surface area (Å²) in [4.78, 5) is 19.4. The molecule has 2 aromatic heterocycles. The Kier molecular flexibility index (Phi) is 4.28. The number of aromatic nitrogens is 4. The van der Waals surface area contributed by atoms with Gasteiger partial charge >= 0.3 is 0 Å². The maximum Gasteiger partial charge on any atom is 0.276 e. The van der Waals surface area contributed by atoms with Crippen molar-refractivity contribution in [3.63, 3.8) is 0 Å². The molecule has 7 heteroatoms. The van der Waals surface area contributed by atoms with Crippen LogP contribution in [0.15, 0.2) is 48.7 Å². The summed E-state index contributed by atoms with van der Waals surface area (Å²) in [5, 5.41) is 13.8. The molecule has 1 amide bonds. The topological polar surface area (TPSA) is 95.6 Å². The van der Waals surface area contributed by atoms with E-state index in [4.69, 9.17) is 0 Å². The Hall–Kier alpha value is -3.22. The third kappa shape index (κ3) is 3.91. The number of para-hydroxylation sites is 1. The Labute approximate surface area is 133 Å². The summed E-state index contributed by atoms with van der Waals surface area (Å²) in [6.07, 6.45) is 1.76. The molecule has 0 saturated heterocycles. The fourth-order valence-corrected chi connectivity index (χ4v) is 2.00. The SMILES string of the molecule is Cc1cnc(CNc2ccc(C(=O)Nc3ccccc3)nn2)[nH]1. The molecule has 1 aromatic carbocycles. The number of aromatic amines is 1. The maximum absolute atomic E-state index is 12.1. The van der Waals surface area contributed by atoms with E-state index < -0.39 is 0 Å². The van der Waals surface area contributed by atoms with Crippen LogP contribution in [0.1, 0.15) is 22.0 Å². The Morgan fingerprint density at radius 2 is 1.96 bits per heavy atom. The summed E-state index contributed by atoms with van der Waals surface area (Å²) in [6, 6.07) is 12.6. The number of imidazole rings is 1. The summed E-state index contributed by atoms with van der Waals surface area (Å²) in [5.41, 5.74) is 1.98. The normalized spacial score (nSPS) is 10.3. The van der Waals surface area contributed by atoms with Crippen LogP contribution < -0.4 is 10.6 Å². The fourth-order valence-electron chi connectivity index (χ4n) is 2.00. The summed E-state index contributed by atoms with van der Waals surface area (Å²) in [7, 11) is 0. The van der Waals surface area contributed by atoms with Crippen LogP contribution in [-0.2, 0) is 6.54 Å². The molecule has 0 fully saturated rings. The number of carbonyl (C=O) groups excluding carboxylic acids is 1. The predicted octanol–water partition coefficient (Wildman–Crippen LogP) is 2.37. The number of nitrogens with one attached hydrogen (secondary N) is 3. The van der Waals surface area contributed by atoms with Gasteiger partial charge in [-0.05, 0) is 31.2 Å². The van der Waals surface area contributed by atoms with Crippen LogP contribution in [0.2, 0.25) is 0 Å². The highest BCUT2D eigenvalue weighted by molar-refractivity contribution is 6.02. The summed E-state index contributed by atoms with van der Waals surface area (Å²) in [5.74, 6) is 1.10. The van der Waals surface area contributed by atoms with Gasteiger partial charge in [-0.25, -0.2) is 4.98 Å². The number of benzene rings is 1. The number of carbonyl (C=O) groups is 1. The zero-order valence-electron chi connectivity index (χ0n) is 12.6.